The predicted octanol–water partition coefficient (Wildman–Crippen LogP) is -0.214. The molecule has 2 amide bonds. The minimum absolute atomic E-state index is 0.148. The van der Waals surface area contributed by atoms with Crippen molar-refractivity contribution in [2.45, 2.75) is 18.6 Å². The summed E-state index contributed by atoms with van der Waals surface area (Å²) in [5, 5.41) is 18.6. The topological polar surface area (TPSA) is 78.4 Å². The fourth-order valence-corrected chi connectivity index (χ4v) is 2.26. The van der Waals surface area contributed by atoms with E-state index >= 15 is 0 Å². The Morgan fingerprint density at radius 2 is 2.44 bits per heavy atom. The third kappa shape index (κ3) is 2.46. The molecule has 2 heterocycles. The van der Waals surface area contributed by atoms with Gasteiger partial charge in [0.05, 0.1) is 18.6 Å². The van der Waals surface area contributed by atoms with E-state index in [0.717, 1.165) is 5.56 Å². The van der Waals surface area contributed by atoms with Crippen molar-refractivity contribution in [3.05, 3.63) is 22.4 Å². The smallest absolute Gasteiger partial charge is 0.244 e. The molecule has 3 N–H and O–H groups in total. The molecule has 1 aliphatic rings. The number of carbonyl (C=O) groups excluding carboxylic acids is 2. The molecule has 0 bridgehead atoms. The van der Waals surface area contributed by atoms with Crippen LogP contribution in [-0.4, -0.2) is 29.5 Å². The Kier molecular flexibility index (Phi) is 3.33. The molecule has 1 fully saturated rings. The van der Waals surface area contributed by atoms with Crippen LogP contribution in [-0.2, 0) is 9.59 Å². The van der Waals surface area contributed by atoms with E-state index in [9.17, 15) is 14.7 Å². The number of hydrogen-bond donors (Lipinski definition) is 3. The highest BCUT2D eigenvalue weighted by molar-refractivity contribution is 7.07. The Morgan fingerprint density at radius 1 is 1.62 bits per heavy atom. The first-order valence-electron chi connectivity index (χ1n) is 4.94. The van der Waals surface area contributed by atoms with Gasteiger partial charge in [0.2, 0.25) is 11.8 Å². The van der Waals surface area contributed by atoms with E-state index in [0.29, 0.717) is 0 Å². The zero-order valence-corrected chi connectivity index (χ0v) is 9.29. The SMILES string of the molecule is O=C1CC(NCC(O)c2ccsc2)C(=O)N1. The Labute approximate surface area is 96.5 Å². The minimum Gasteiger partial charge on any atom is -0.387 e. The van der Waals surface area contributed by atoms with Crippen LogP contribution < -0.4 is 10.6 Å². The molecule has 0 saturated carbocycles. The summed E-state index contributed by atoms with van der Waals surface area (Å²) in [4.78, 5) is 22.1. The standard InChI is InChI=1S/C10H12N2O3S/c13-8(6-1-2-16-5-6)4-11-7-3-9(14)12-10(7)15/h1-2,5,7-8,11,13H,3-4H2,(H,12,14,15). The molecule has 0 aromatic carbocycles. The maximum Gasteiger partial charge on any atom is 0.244 e. The summed E-state index contributed by atoms with van der Waals surface area (Å²) in [6.07, 6.45) is -0.496. The zero-order chi connectivity index (χ0) is 11.5. The van der Waals surface area contributed by atoms with Gasteiger partial charge in [-0.2, -0.15) is 11.3 Å². The van der Waals surface area contributed by atoms with Crippen LogP contribution >= 0.6 is 11.3 Å². The van der Waals surface area contributed by atoms with Crippen molar-refractivity contribution in [1.29, 1.82) is 0 Å². The summed E-state index contributed by atoms with van der Waals surface area (Å²) >= 11 is 1.51. The lowest BCUT2D eigenvalue weighted by atomic mass is 10.2. The summed E-state index contributed by atoms with van der Waals surface area (Å²) in [6.45, 7) is 0.266. The molecule has 1 saturated heterocycles. The maximum absolute atomic E-state index is 11.2. The second-order valence-electron chi connectivity index (χ2n) is 3.65. The first-order valence-corrected chi connectivity index (χ1v) is 5.88. The molecule has 86 valence electrons. The van der Waals surface area contributed by atoms with Crippen LogP contribution in [0.4, 0.5) is 0 Å². The van der Waals surface area contributed by atoms with Gasteiger partial charge < -0.3 is 10.4 Å². The number of amides is 2. The number of carbonyl (C=O) groups is 2. The molecule has 2 unspecified atom stereocenters. The van der Waals surface area contributed by atoms with Gasteiger partial charge in [-0.25, -0.2) is 0 Å². The van der Waals surface area contributed by atoms with Crippen molar-refractivity contribution in [2.24, 2.45) is 0 Å². The van der Waals surface area contributed by atoms with E-state index in [4.69, 9.17) is 0 Å². The van der Waals surface area contributed by atoms with Gasteiger partial charge in [0.25, 0.3) is 0 Å². The van der Waals surface area contributed by atoms with Crippen LogP contribution in [0.3, 0.4) is 0 Å². The number of nitrogens with one attached hydrogen (secondary N) is 2. The lowest BCUT2D eigenvalue weighted by Crippen LogP contribution is -2.38. The number of aliphatic hydroxyl groups excluding tert-OH is 1. The van der Waals surface area contributed by atoms with Crippen molar-refractivity contribution >= 4 is 23.2 Å². The molecule has 16 heavy (non-hydrogen) atoms. The van der Waals surface area contributed by atoms with Crippen molar-refractivity contribution < 1.29 is 14.7 Å². The molecule has 6 heteroatoms. The number of hydrogen-bond acceptors (Lipinski definition) is 5. The summed E-state index contributed by atoms with van der Waals surface area (Å²) in [6, 6.07) is 1.32. The summed E-state index contributed by atoms with van der Waals surface area (Å²) in [5.74, 6) is -0.588. The predicted molar refractivity (Wildman–Crippen MR) is 58.8 cm³/mol. The number of rotatable bonds is 4. The maximum atomic E-state index is 11.2. The first kappa shape index (κ1) is 11.3. The lowest BCUT2D eigenvalue weighted by Gasteiger charge is -2.13. The molecule has 0 radical (unpaired) electrons. The Morgan fingerprint density at radius 3 is 3.00 bits per heavy atom. The average Bonchev–Trinajstić information content (AvgIpc) is 2.84. The number of imide groups is 1. The van der Waals surface area contributed by atoms with Crippen LogP contribution in [0.1, 0.15) is 18.1 Å². The Hall–Kier alpha value is -1.24. The zero-order valence-electron chi connectivity index (χ0n) is 8.47. The third-order valence-corrected chi connectivity index (χ3v) is 3.16. The third-order valence-electron chi connectivity index (χ3n) is 2.45. The van der Waals surface area contributed by atoms with Crippen LogP contribution in [0.15, 0.2) is 16.8 Å². The highest BCUT2D eigenvalue weighted by atomic mass is 32.1. The van der Waals surface area contributed by atoms with Crippen LogP contribution in [0.2, 0.25) is 0 Å². The second kappa shape index (κ2) is 4.73. The van der Waals surface area contributed by atoms with Crippen molar-refractivity contribution in [3.63, 3.8) is 0 Å². The molecule has 2 rings (SSSR count). The van der Waals surface area contributed by atoms with E-state index in [1.54, 1.807) is 0 Å². The van der Waals surface area contributed by atoms with Crippen molar-refractivity contribution in [2.75, 3.05) is 6.54 Å². The normalized spacial score (nSPS) is 22.2. The number of thiophene rings is 1. The summed E-state index contributed by atoms with van der Waals surface area (Å²) in [7, 11) is 0. The van der Waals surface area contributed by atoms with E-state index < -0.39 is 12.1 Å². The summed E-state index contributed by atoms with van der Waals surface area (Å²) in [5.41, 5.74) is 0.822. The largest absolute Gasteiger partial charge is 0.387 e. The highest BCUT2D eigenvalue weighted by Crippen LogP contribution is 2.15. The quantitative estimate of drug-likeness (QED) is 0.636. The van der Waals surface area contributed by atoms with Gasteiger partial charge in [-0.15, -0.1) is 0 Å². The van der Waals surface area contributed by atoms with E-state index in [1.807, 2.05) is 16.8 Å². The molecule has 2 atom stereocenters. The van der Waals surface area contributed by atoms with Gasteiger partial charge in [0, 0.05) is 6.54 Å². The summed E-state index contributed by atoms with van der Waals surface area (Å²) < 4.78 is 0. The Bertz CT molecular complexity index is 391. The fraction of sp³-hybridized carbons (Fsp3) is 0.400. The van der Waals surface area contributed by atoms with Gasteiger partial charge in [-0.3, -0.25) is 14.9 Å². The lowest BCUT2D eigenvalue weighted by molar-refractivity contribution is -0.125. The van der Waals surface area contributed by atoms with Gasteiger partial charge >= 0.3 is 0 Å². The van der Waals surface area contributed by atoms with Gasteiger partial charge in [-0.05, 0) is 22.4 Å². The molecule has 0 aliphatic carbocycles. The van der Waals surface area contributed by atoms with Crippen LogP contribution in [0.5, 0.6) is 0 Å². The van der Waals surface area contributed by atoms with E-state index in [-0.39, 0.29) is 24.8 Å². The van der Waals surface area contributed by atoms with Crippen LogP contribution in [0.25, 0.3) is 0 Å². The van der Waals surface area contributed by atoms with E-state index in [2.05, 4.69) is 10.6 Å². The van der Waals surface area contributed by atoms with Gasteiger partial charge in [0.15, 0.2) is 0 Å². The second-order valence-corrected chi connectivity index (χ2v) is 4.43. The van der Waals surface area contributed by atoms with Crippen LogP contribution in [0, 0.1) is 0 Å². The number of aliphatic hydroxyl groups is 1. The van der Waals surface area contributed by atoms with E-state index in [1.165, 1.54) is 11.3 Å². The molecule has 1 aromatic heterocycles. The average molecular weight is 240 g/mol. The highest BCUT2D eigenvalue weighted by Gasteiger charge is 2.30. The van der Waals surface area contributed by atoms with Gasteiger partial charge in [-0.1, -0.05) is 0 Å². The van der Waals surface area contributed by atoms with Gasteiger partial charge in [0.1, 0.15) is 0 Å². The monoisotopic (exact) mass is 240 g/mol. The molecule has 1 aromatic rings. The molecular weight excluding hydrogens is 228 g/mol. The van der Waals surface area contributed by atoms with Crippen molar-refractivity contribution in [3.8, 4) is 0 Å². The molecule has 1 aliphatic heterocycles. The Balaban J connectivity index is 1.84. The molecule has 5 nitrogen and oxygen atoms in total. The molecule has 0 spiro atoms. The van der Waals surface area contributed by atoms with Crippen molar-refractivity contribution in [1.82, 2.24) is 10.6 Å². The molecular formula is C10H12N2O3S. The minimum atomic E-state index is -0.644. The first-order chi connectivity index (χ1) is 7.66. The fourth-order valence-electron chi connectivity index (χ4n) is 1.55.